The molecule has 0 saturated carbocycles. The molecule has 2 aromatic heterocycles. The van der Waals surface area contributed by atoms with Crippen LogP contribution in [-0.2, 0) is 0 Å². The number of pyridine rings is 1. The maximum Gasteiger partial charge on any atom is 0.155 e. The molecule has 0 saturated heterocycles. The van der Waals surface area contributed by atoms with E-state index in [0.717, 1.165) is 17.2 Å². The molecule has 3 heteroatoms. The van der Waals surface area contributed by atoms with E-state index in [1.807, 2.05) is 6.20 Å². The minimum Gasteiger partial charge on any atom is -0.294 e. The van der Waals surface area contributed by atoms with Crippen molar-refractivity contribution in [2.45, 2.75) is 0 Å². The number of hydrogen-bond donors (Lipinski definition) is 0. The van der Waals surface area contributed by atoms with Crippen molar-refractivity contribution in [1.82, 2.24) is 4.98 Å². The van der Waals surface area contributed by atoms with Crippen LogP contribution in [0.3, 0.4) is 0 Å². The fourth-order valence-electron chi connectivity index (χ4n) is 6.53. The lowest BCUT2D eigenvalue weighted by molar-refractivity contribution is 1.20. The van der Waals surface area contributed by atoms with Gasteiger partial charge in [0.05, 0.1) is 4.70 Å². The number of thiophene rings is 1. The van der Waals surface area contributed by atoms with Gasteiger partial charge in [-0.05, 0) is 92.3 Å². The third kappa shape index (κ3) is 4.61. The monoisotopic (exact) mass is 604 g/mol. The first-order chi connectivity index (χ1) is 22.8. The summed E-state index contributed by atoms with van der Waals surface area (Å²) in [5, 5.41) is 7.50. The number of nitrogens with zero attached hydrogens (tertiary/aromatic N) is 2. The van der Waals surface area contributed by atoms with Gasteiger partial charge in [-0.2, -0.15) is 0 Å². The van der Waals surface area contributed by atoms with Gasteiger partial charge in [-0.3, -0.25) is 4.90 Å². The van der Waals surface area contributed by atoms with Crippen molar-refractivity contribution in [2.24, 2.45) is 0 Å². The van der Waals surface area contributed by atoms with Crippen molar-refractivity contribution in [3.05, 3.63) is 170 Å². The fourth-order valence-corrected chi connectivity index (χ4v) is 7.71. The maximum atomic E-state index is 5.02. The smallest absolute Gasteiger partial charge is 0.155 e. The molecule has 0 aliphatic carbocycles. The van der Waals surface area contributed by atoms with E-state index in [9.17, 15) is 0 Å². The van der Waals surface area contributed by atoms with E-state index in [-0.39, 0.29) is 0 Å². The summed E-state index contributed by atoms with van der Waals surface area (Å²) in [5.74, 6) is 0.940. The Hall–Kier alpha value is -5.77. The molecule has 0 aliphatic rings. The lowest BCUT2D eigenvalue weighted by atomic mass is 10.0. The third-order valence-corrected chi connectivity index (χ3v) is 10.1. The quantitative estimate of drug-likeness (QED) is 0.194. The standard InChI is InChI=1S/C43H28N2S/c1-3-9-33-27-35(15-13-29(33)7-1)31-17-21-37(22-18-31)45(43-42-40(25-26-44-43)39-11-5-6-12-41(39)46-42)38-23-19-32(20-24-38)36-16-14-30-8-2-4-10-34(30)28-36/h1-28H. The number of rotatable bonds is 5. The molecule has 0 aliphatic heterocycles. The summed E-state index contributed by atoms with van der Waals surface area (Å²) in [4.78, 5) is 7.32. The highest BCUT2D eigenvalue weighted by Gasteiger charge is 2.19. The fraction of sp³-hybridized carbons (Fsp3) is 0. The Labute approximate surface area is 271 Å². The van der Waals surface area contributed by atoms with E-state index in [0.29, 0.717) is 0 Å². The highest BCUT2D eigenvalue weighted by atomic mass is 32.1. The van der Waals surface area contributed by atoms with Crippen molar-refractivity contribution in [2.75, 3.05) is 4.90 Å². The Morgan fingerprint density at radius 2 is 0.913 bits per heavy atom. The minimum absolute atomic E-state index is 0.940. The molecule has 9 aromatic rings. The summed E-state index contributed by atoms with van der Waals surface area (Å²) >= 11 is 1.80. The Morgan fingerprint density at radius 1 is 0.413 bits per heavy atom. The molecule has 0 amide bonds. The Morgan fingerprint density at radius 3 is 1.50 bits per heavy atom. The van der Waals surface area contributed by atoms with Crippen LogP contribution in [0.2, 0.25) is 0 Å². The lowest BCUT2D eigenvalue weighted by Gasteiger charge is -2.25. The van der Waals surface area contributed by atoms with Crippen LogP contribution in [-0.4, -0.2) is 4.98 Å². The molecule has 46 heavy (non-hydrogen) atoms. The molecular weight excluding hydrogens is 577 g/mol. The molecule has 2 heterocycles. The number of aromatic nitrogens is 1. The first-order valence-corrected chi connectivity index (χ1v) is 16.4. The van der Waals surface area contributed by atoms with Gasteiger partial charge in [0.15, 0.2) is 5.82 Å². The van der Waals surface area contributed by atoms with E-state index < -0.39 is 0 Å². The number of hydrogen-bond acceptors (Lipinski definition) is 3. The van der Waals surface area contributed by atoms with Crippen LogP contribution in [0.25, 0.3) is 64.0 Å². The van der Waals surface area contributed by atoms with E-state index in [1.165, 1.54) is 64.0 Å². The summed E-state index contributed by atoms with van der Waals surface area (Å²) in [6, 6.07) is 58.9. The van der Waals surface area contributed by atoms with Crippen LogP contribution < -0.4 is 4.90 Å². The van der Waals surface area contributed by atoms with E-state index in [4.69, 9.17) is 4.98 Å². The van der Waals surface area contributed by atoms with Crippen LogP contribution >= 0.6 is 11.3 Å². The molecule has 0 bridgehead atoms. The molecule has 0 atom stereocenters. The zero-order valence-corrected chi connectivity index (χ0v) is 25.8. The van der Waals surface area contributed by atoms with Gasteiger partial charge >= 0.3 is 0 Å². The van der Waals surface area contributed by atoms with Crippen LogP contribution in [0.1, 0.15) is 0 Å². The van der Waals surface area contributed by atoms with Gasteiger partial charge in [0.1, 0.15) is 0 Å². The SMILES string of the molecule is c1ccc2cc(-c3ccc(N(c4ccc(-c5ccc6ccccc6c5)cc4)c4nccc5c4sc4ccccc45)cc3)ccc2c1. The Balaban J connectivity index is 1.16. The van der Waals surface area contributed by atoms with Gasteiger partial charge in [0.25, 0.3) is 0 Å². The maximum absolute atomic E-state index is 5.02. The van der Waals surface area contributed by atoms with E-state index >= 15 is 0 Å². The van der Waals surface area contributed by atoms with Crippen molar-refractivity contribution >= 4 is 70.2 Å². The first-order valence-electron chi connectivity index (χ1n) is 15.5. The van der Waals surface area contributed by atoms with Crippen molar-refractivity contribution in [3.63, 3.8) is 0 Å². The second kappa shape index (κ2) is 11.0. The highest BCUT2D eigenvalue weighted by molar-refractivity contribution is 7.26. The third-order valence-electron chi connectivity index (χ3n) is 8.90. The van der Waals surface area contributed by atoms with Gasteiger partial charge in [0, 0.05) is 33.0 Å². The minimum atomic E-state index is 0.940. The Kier molecular flexibility index (Phi) is 6.36. The summed E-state index contributed by atoms with van der Waals surface area (Å²) in [5.41, 5.74) is 6.94. The summed E-state index contributed by atoms with van der Waals surface area (Å²) in [7, 11) is 0. The summed E-state index contributed by atoms with van der Waals surface area (Å²) in [6.07, 6.45) is 1.94. The molecule has 0 radical (unpaired) electrons. The molecule has 0 spiro atoms. The second-order valence-electron chi connectivity index (χ2n) is 11.7. The zero-order chi connectivity index (χ0) is 30.5. The van der Waals surface area contributed by atoms with Gasteiger partial charge in [0.2, 0.25) is 0 Å². The molecule has 0 fully saturated rings. The van der Waals surface area contributed by atoms with E-state index in [1.54, 1.807) is 11.3 Å². The van der Waals surface area contributed by atoms with E-state index in [2.05, 4.69) is 169 Å². The Bertz CT molecular complexity index is 2410. The van der Waals surface area contributed by atoms with Crippen LogP contribution in [0.15, 0.2) is 170 Å². The number of anilines is 3. The van der Waals surface area contributed by atoms with Crippen molar-refractivity contribution in [1.29, 1.82) is 0 Å². The lowest BCUT2D eigenvalue weighted by Crippen LogP contribution is -2.11. The van der Waals surface area contributed by atoms with Crippen molar-refractivity contribution < 1.29 is 0 Å². The molecule has 7 aromatic carbocycles. The molecule has 216 valence electrons. The average molecular weight is 605 g/mol. The highest BCUT2D eigenvalue weighted by Crippen LogP contribution is 2.44. The molecular formula is C43H28N2S. The van der Waals surface area contributed by atoms with Crippen LogP contribution in [0.4, 0.5) is 17.2 Å². The largest absolute Gasteiger partial charge is 0.294 e. The van der Waals surface area contributed by atoms with Gasteiger partial charge in [-0.1, -0.05) is 115 Å². The second-order valence-corrected chi connectivity index (χ2v) is 12.7. The predicted octanol–water partition coefficient (Wildman–Crippen LogP) is 12.6. The molecule has 0 unspecified atom stereocenters. The van der Waals surface area contributed by atoms with Crippen molar-refractivity contribution in [3.8, 4) is 22.3 Å². The number of benzene rings is 7. The molecule has 0 N–H and O–H groups in total. The average Bonchev–Trinajstić information content (AvgIpc) is 3.51. The molecule has 9 rings (SSSR count). The van der Waals surface area contributed by atoms with Gasteiger partial charge < -0.3 is 0 Å². The first kappa shape index (κ1) is 26.6. The normalized spacial score (nSPS) is 11.5. The molecule has 2 nitrogen and oxygen atoms in total. The zero-order valence-electron chi connectivity index (χ0n) is 25.0. The van der Waals surface area contributed by atoms with Crippen LogP contribution in [0, 0.1) is 0 Å². The summed E-state index contributed by atoms with van der Waals surface area (Å²) < 4.78 is 2.45. The summed E-state index contributed by atoms with van der Waals surface area (Å²) in [6.45, 7) is 0. The number of fused-ring (bicyclic) bond motifs is 5. The van der Waals surface area contributed by atoms with Gasteiger partial charge in [-0.25, -0.2) is 4.98 Å². The topological polar surface area (TPSA) is 16.1 Å². The van der Waals surface area contributed by atoms with Gasteiger partial charge in [-0.15, -0.1) is 11.3 Å². The van der Waals surface area contributed by atoms with Crippen LogP contribution in [0.5, 0.6) is 0 Å². The predicted molar refractivity (Wildman–Crippen MR) is 198 cm³/mol.